The molecule has 2 aliphatic heterocycles. The minimum absolute atomic E-state index is 0.00333. The number of ether oxygens (including phenoxy) is 1. The van der Waals surface area contributed by atoms with Crippen molar-refractivity contribution >= 4 is 6.09 Å². The first-order valence-electron chi connectivity index (χ1n) is 12.1. The van der Waals surface area contributed by atoms with Crippen LogP contribution in [0.15, 0.2) is 35.3 Å². The predicted molar refractivity (Wildman–Crippen MR) is 126 cm³/mol. The molecule has 0 spiro atoms. The molecule has 2 aliphatic rings. The third kappa shape index (κ3) is 6.09. The molecule has 1 N–H and O–H groups in total. The number of likely N-dealkylation sites (tertiary alicyclic amines) is 2. The monoisotopic (exact) mass is 494 g/mol. The molecular formula is C25H33F3N4O3. The summed E-state index contributed by atoms with van der Waals surface area (Å²) >= 11 is 0. The molecule has 4 rings (SSSR count). The standard InChI is InChI=1S/C25H33F3N4O3/c1-24(2,3)35-23(34)31-13-7-19(8-14-31)30-11-9-20(10-12-30)32-16-21(29-22(32)33)17-5-4-6-18(15-17)25(26,27)28/h4-6,15-16,19-20H,7-14H2,1-3H3,(H,29,33). The molecule has 0 aliphatic carbocycles. The number of hydrogen-bond donors (Lipinski definition) is 1. The fourth-order valence-corrected chi connectivity index (χ4v) is 4.96. The van der Waals surface area contributed by atoms with Gasteiger partial charge in [-0.05, 0) is 58.6 Å². The van der Waals surface area contributed by atoms with E-state index in [1.165, 1.54) is 6.07 Å². The van der Waals surface area contributed by atoms with E-state index >= 15 is 0 Å². The van der Waals surface area contributed by atoms with E-state index in [0.717, 1.165) is 50.9 Å². The highest BCUT2D eigenvalue weighted by atomic mass is 19.4. The smallest absolute Gasteiger partial charge is 0.416 e. The van der Waals surface area contributed by atoms with E-state index < -0.39 is 17.3 Å². The van der Waals surface area contributed by atoms with Crippen molar-refractivity contribution in [3.05, 3.63) is 46.5 Å². The fourth-order valence-electron chi connectivity index (χ4n) is 4.96. The predicted octanol–water partition coefficient (Wildman–Crippen LogP) is 4.90. The first-order chi connectivity index (χ1) is 16.4. The van der Waals surface area contributed by atoms with Crippen LogP contribution in [0.1, 0.15) is 58.1 Å². The van der Waals surface area contributed by atoms with Crippen LogP contribution in [0.2, 0.25) is 0 Å². The third-order valence-corrected chi connectivity index (χ3v) is 6.77. The average Bonchev–Trinajstić information content (AvgIpc) is 3.19. The van der Waals surface area contributed by atoms with Crippen molar-refractivity contribution in [3.63, 3.8) is 0 Å². The molecule has 7 nitrogen and oxygen atoms in total. The molecule has 1 amide bonds. The van der Waals surface area contributed by atoms with E-state index in [0.29, 0.717) is 30.4 Å². The van der Waals surface area contributed by atoms with Crippen LogP contribution in [0.4, 0.5) is 18.0 Å². The van der Waals surface area contributed by atoms with Gasteiger partial charge in [-0.2, -0.15) is 13.2 Å². The fraction of sp³-hybridized carbons (Fsp3) is 0.600. The van der Waals surface area contributed by atoms with E-state index in [4.69, 9.17) is 4.74 Å². The molecule has 1 aromatic heterocycles. The van der Waals surface area contributed by atoms with Crippen LogP contribution in [0.25, 0.3) is 11.3 Å². The molecule has 2 fully saturated rings. The van der Waals surface area contributed by atoms with Crippen LogP contribution in [-0.2, 0) is 10.9 Å². The van der Waals surface area contributed by atoms with Crippen molar-refractivity contribution in [3.8, 4) is 11.3 Å². The van der Waals surface area contributed by atoms with Crippen molar-refractivity contribution in [1.82, 2.24) is 19.4 Å². The number of alkyl halides is 3. The summed E-state index contributed by atoms with van der Waals surface area (Å²) in [6.07, 6.45) is 0.268. The Bertz CT molecular complexity index is 1090. The van der Waals surface area contributed by atoms with Crippen LogP contribution < -0.4 is 5.69 Å². The largest absolute Gasteiger partial charge is 0.444 e. The molecule has 2 saturated heterocycles. The lowest BCUT2D eigenvalue weighted by molar-refractivity contribution is -0.137. The topological polar surface area (TPSA) is 70.6 Å². The summed E-state index contributed by atoms with van der Waals surface area (Å²) in [4.78, 5) is 31.8. The highest BCUT2D eigenvalue weighted by Crippen LogP contribution is 2.32. The summed E-state index contributed by atoms with van der Waals surface area (Å²) in [6.45, 7) is 8.57. The second-order valence-electron chi connectivity index (χ2n) is 10.4. The van der Waals surface area contributed by atoms with Gasteiger partial charge in [0.25, 0.3) is 0 Å². The summed E-state index contributed by atoms with van der Waals surface area (Å²) in [6, 6.07) is 5.38. The Kier molecular flexibility index (Phi) is 7.04. The number of rotatable bonds is 3. The number of imidazole rings is 1. The molecule has 0 bridgehead atoms. The average molecular weight is 495 g/mol. The molecule has 0 unspecified atom stereocenters. The van der Waals surface area contributed by atoms with Crippen LogP contribution in [-0.4, -0.2) is 63.3 Å². The number of benzene rings is 1. The zero-order valence-electron chi connectivity index (χ0n) is 20.4. The van der Waals surface area contributed by atoms with Gasteiger partial charge in [0, 0.05) is 50.0 Å². The van der Waals surface area contributed by atoms with Crippen LogP contribution in [0.5, 0.6) is 0 Å². The number of amides is 1. The Morgan fingerprint density at radius 1 is 1.00 bits per heavy atom. The van der Waals surface area contributed by atoms with Crippen molar-refractivity contribution in [2.24, 2.45) is 0 Å². The van der Waals surface area contributed by atoms with Gasteiger partial charge < -0.3 is 19.5 Å². The molecule has 0 saturated carbocycles. The zero-order chi connectivity index (χ0) is 25.4. The number of aromatic nitrogens is 2. The first kappa shape index (κ1) is 25.3. The molecular weight excluding hydrogens is 461 g/mol. The van der Waals surface area contributed by atoms with Crippen molar-refractivity contribution < 1.29 is 22.7 Å². The summed E-state index contributed by atoms with van der Waals surface area (Å²) in [5.74, 6) is 0. The number of carbonyl (C=O) groups excluding carboxylic acids is 1. The number of nitrogens with one attached hydrogen (secondary N) is 1. The quantitative estimate of drug-likeness (QED) is 0.659. The summed E-state index contributed by atoms with van der Waals surface area (Å²) in [5, 5.41) is 0. The highest BCUT2D eigenvalue weighted by Gasteiger charge is 2.33. The molecule has 0 radical (unpaired) electrons. The van der Waals surface area contributed by atoms with Crippen molar-refractivity contribution in [2.45, 2.75) is 70.3 Å². The minimum Gasteiger partial charge on any atom is -0.444 e. The van der Waals surface area contributed by atoms with Crippen LogP contribution >= 0.6 is 0 Å². The van der Waals surface area contributed by atoms with Crippen molar-refractivity contribution in [1.29, 1.82) is 0 Å². The van der Waals surface area contributed by atoms with Crippen LogP contribution in [0, 0.1) is 0 Å². The summed E-state index contributed by atoms with van der Waals surface area (Å²) in [5.41, 5.74) is -0.827. The Morgan fingerprint density at radius 3 is 2.23 bits per heavy atom. The van der Waals surface area contributed by atoms with Crippen molar-refractivity contribution in [2.75, 3.05) is 26.2 Å². The summed E-state index contributed by atoms with van der Waals surface area (Å²) in [7, 11) is 0. The van der Waals surface area contributed by atoms with Gasteiger partial charge in [0.2, 0.25) is 0 Å². The lowest BCUT2D eigenvalue weighted by Crippen LogP contribution is -2.50. The Hall–Kier alpha value is -2.75. The van der Waals surface area contributed by atoms with Crippen LogP contribution in [0.3, 0.4) is 0 Å². The second-order valence-corrected chi connectivity index (χ2v) is 10.4. The van der Waals surface area contributed by atoms with Gasteiger partial charge in [0.05, 0.1) is 11.3 Å². The molecule has 3 heterocycles. The maximum atomic E-state index is 13.1. The van der Waals surface area contributed by atoms with Gasteiger partial charge in [0.15, 0.2) is 0 Å². The van der Waals surface area contributed by atoms with Gasteiger partial charge in [-0.25, -0.2) is 9.59 Å². The number of hydrogen-bond acceptors (Lipinski definition) is 4. The van der Waals surface area contributed by atoms with E-state index in [-0.39, 0.29) is 17.8 Å². The normalized spacial score (nSPS) is 19.2. The van der Waals surface area contributed by atoms with E-state index in [9.17, 15) is 22.8 Å². The minimum atomic E-state index is -4.44. The van der Waals surface area contributed by atoms with E-state index in [1.54, 1.807) is 21.7 Å². The summed E-state index contributed by atoms with van der Waals surface area (Å²) < 4.78 is 46.3. The maximum absolute atomic E-state index is 13.1. The number of nitrogens with zero attached hydrogens (tertiary/aromatic N) is 3. The third-order valence-electron chi connectivity index (χ3n) is 6.77. The Labute approximate surface area is 202 Å². The lowest BCUT2D eigenvalue weighted by Gasteiger charge is -2.42. The maximum Gasteiger partial charge on any atom is 0.416 e. The first-order valence-corrected chi connectivity index (χ1v) is 12.1. The van der Waals surface area contributed by atoms with Gasteiger partial charge in [-0.15, -0.1) is 0 Å². The molecule has 35 heavy (non-hydrogen) atoms. The molecule has 0 atom stereocenters. The van der Waals surface area contributed by atoms with Gasteiger partial charge in [-0.3, -0.25) is 4.57 Å². The van der Waals surface area contributed by atoms with E-state index in [2.05, 4.69) is 9.88 Å². The van der Waals surface area contributed by atoms with Gasteiger partial charge >= 0.3 is 18.0 Å². The second kappa shape index (κ2) is 9.72. The highest BCUT2D eigenvalue weighted by molar-refractivity contribution is 5.68. The van der Waals surface area contributed by atoms with Gasteiger partial charge in [-0.1, -0.05) is 12.1 Å². The lowest BCUT2D eigenvalue weighted by atomic mass is 9.98. The molecule has 192 valence electrons. The number of piperidine rings is 2. The molecule has 2 aromatic rings. The van der Waals surface area contributed by atoms with Gasteiger partial charge in [0.1, 0.15) is 5.60 Å². The molecule has 10 heteroatoms. The number of carbonyl (C=O) groups is 1. The Morgan fingerprint density at radius 2 is 1.63 bits per heavy atom. The van der Waals surface area contributed by atoms with E-state index in [1.807, 2.05) is 20.8 Å². The SMILES string of the molecule is CC(C)(C)OC(=O)N1CCC(N2CCC(n3cc(-c4cccc(C(F)(F)F)c4)[nH]c3=O)CC2)CC1. The zero-order valence-corrected chi connectivity index (χ0v) is 20.4. The number of H-pyrrole nitrogens is 1. The number of halogens is 3. The number of aromatic amines is 1. The molecule has 1 aromatic carbocycles. The Balaban J connectivity index is 1.33.